The van der Waals surface area contributed by atoms with Gasteiger partial charge in [0.25, 0.3) is 11.8 Å². The Morgan fingerprint density at radius 1 is 1.00 bits per heavy atom. The monoisotopic (exact) mass is 417 g/mol. The first kappa shape index (κ1) is 19.9. The van der Waals surface area contributed by atoms with Crippen molar-refractivity contribution >= 4 is 35.0 Å². The number of benzene rings is 2. The first-order valence-corrected chi connectivity index (χ1v) is 9.28. The van der Waals surface area contributed by atoms with E-state index in [9.17, 15) is 9.59 Å². The fourth-order valence-electron chi connectivity index (χ4n) is 2.67. The van der Waals surface area contributed by atoms with Gasteiger partial charge in [0.2, 0.25) is 0 Å². The quantitative estimate of drug-likeness (QED) is 0.607. The molecule has 0 saturated heterocycles. The molecule has 3 rings (SSSR count). The minimum absolute atomic E-state index is 0.136. The molecule has 3 aromatic rings. The number of amides is 2. The number of hydrazine groups is 1. The van der Waals surface area contributed by atoms with Crippen LogP contribution >= 0.6 is 23.2 Å². The summed E-state index contributed by atoms with van der Waals surface area (Å²) in [4.78, 5) is 24.9. The van der Waals surface area contributed by atoms with Gasteiger partial charge in [0, 0.05) is 11.1 Å². The SMILES string of the molecule is CCc1ccc(C(=O)NNC(=O)c2c(-c3c(Cl)cccc3Cl)noc2C)cc1. The van der Waals surface area contributed by atoms with E-state index < -0.39 is 11.8 Å². The van der Waals surface area contributed by atoms with E-state index in [4.69, 9.17) is 27.7 Å². The van der Waals surface area contributed by atoms with E-state index >= 15 is 0 Å². The predicted octanol–water partition coefficient (Wildman–Crippen LogP) is 4.59. The topological polar surface area (TPSA) is 84.2 Å². The molecule has 0 spiro atoms. The number of hydrogen-bond acceptors (Lipinski definition) is 4. The summed E-state index contributed by atoms with van der Waals surface area (Å²) in [6.45, 7) is 3.61. The molecule has 0 fully saturated rings. The summed E-state index contributed by atoms with van der Waals surface area (Å²) in [6.07, 6.45) is 0.874. The minimum Gasteiger partial charge on any atom is -0.360 e. The number of carbonyl (C=O) groups is 2. The fourth-order valence-corrected chi connectivity index (χ4v) is 3.25. The predicted molar refractivity (Wildman–Crippen MR) is 107 cm³/mol. The van der Waals surface area contributed by atoms with Crippen molar-refractivity contribution in [3.63, 3.8) is 0 Å². The highest BCUT2D eigenvalue weighted by atomic mass is 35.5. The Bertz CT molecular complexity index is 1010. The van der Waals surface area contributed by atoms with Crippen LogP contribution in [0.25, 0.3) is 11.3 Å². The molecule has 0 saturated carbocycles. The lowest BCUT2D eigenvalue weighted by atomic mass is 10.1. The lowest BCUT2D eigenvalue weighted by Crippen LogP contribution is -2.41. The summed E-state index contributed by atoms with van der Waals surface area (Å²) in [7, 11) is 0. The standard InChI is InChI=1S/C20H17Cl2N3O3/c1-3-12-7-9-13(10-8-12)19(26)23-24-20(27)16-11(2)28-25-18(16)17-14(21)5-4-6-15(17)22/h4-10H,3H2,1-2H3,(H,23,26)(H,24,27). The Labute approximate surface area is 171 Å². The van der Waals surface area contributed by atoms with Crippen LogP contribution in [0, 0.1) is 6.92 Å². The van der Waals surface area contributed by atoms with Crippen molar-refractivity contribution in [2.24, 2.45) is 0 Å². The molecule has 0 aliphatic rings. The first-order valence-electron chi connectivity index (χ1n) is 8.52. The van der Waals surface area contributed by atoms with Gasteiger partial charge in [-0.1, -0.05) is 53.5 Å². The van der Waals surface area contributed by atoms with Crippen LogP contribution in [0.1, 0.15) is 39.0 Å². The molecule has 1 aromatic heterocycles. The number of carbonyl (C=O) groups excluding carboxylic acids is 2. The second kappa shape index (κ2) is 8.46. The fraction of sp³-hybridized carbons (Fsp3) is 0.150. The summed E-state index contributed by atoms with van der Waals surface area (Å²) < 4.78 is 5.16. The molecule has 0 aliphatic heterocycles. The van der Waals surface area contributed by atoms with Gasteiger partial charge in [-0.15, -0.1) is 0 Å². The molecule has 1 heterocycles. The average molecular weight is 418 g/mol. The van der Waals surface area contributed by atoms with Gasteiger partial charge in [0.05, 0.1) is 10.0 Å². The molecule has 2 aromatic carbocycles. The maximum Gasteiger partial charge on any atom is 0.275 e. The summed E-state index contributed by atoms with van der Waals surface area (Å²) >= 11 is 12.4. The molecule has 8 heteroatoms. The van der Waals surface area contributed by atoms with Crippen molar-refractivity contribution in [2.45, 2.75) is 20.3 Å². The first-order chi connectivity index (χ1) is 13.4. The van der Waals surface area contributed by atoms with Crippen LogP contribution in [0.3, 0.4) is 0 Å². The van der Waals surface area contributed by atoms with Crippen LogP contribution in [-0.2, 0) is 6.42 Å². The Hall–Kier alpha value is -2.83. The van der Waals surface area contributed by atoms with Crippen LogP contribution in [0.15, 0.2) is 47.0 Å². The highest BCUT2D eigenvalue weighted by molar-refractivity contribution is 6.39. The van der Waals surface area contributed by atoms with E-state index in [1.54, 1.807) is 37.3 Å². The van der Waals surface area contributed by atoms with E-state index in [-0.39, 0.29) is 17.0 Å². The van der Waals surface area contributed by atoms with Gasteiger partial charge in [-0.3, -0.25) is 20.4 Å². The molecular weight excluding hydrogens is 401 g/mol. The zero-order valence-corrected chi connectivity index (χ0v) is 16.7. The van der Waals surface area contributed by atoms with Crippen LogP contribution < -0.4 is 10.9 Å². The smallest absolute Gasteiger partial charge is 0.275 e. The second-order valence-electron chi connectivity index (χ2n) is 6.02. The lowest BCUT2D eigenvalue weighted by molar-refractivity contribution is 0.0846. The zero-order valence-electron chi connectivity index (χ0n) is 15.2. The van der Waals surface area contributed by atoms with Gasteiger partial charge in [-0.25, -0.2) is 0 Å². The van der Waals surface area contributed by atoms with E-state index in [1.165, 1.54) is 0 Å². The molecule has 2 N–H and O–H groups in total. The Morgan fingerprint density at radius 2 is 1.61 bits per heavy atom. The van der Waals surface area contributed by atoms with Gasteiger partial charge in [0.1, 0.15) is 17.0 Å². The van der Waals surface area contributed by atoms with Gasteiger partial charge < -0.3 is 4.52 Å². The Morgan fingerprint density at radius 3 is 2.21 bits per heavy atom. The van der Waals surface area contributed by atoms with Crippen molar-refractivity contribution in [3.05, 3.63) is 75.0 Å². The van der Waals surface area contributed by atoms with E-state index in [2.05, 4.69) is 16.0 Å². The highest BCUT2D eigenvalue weighted by Crippen LogP contribution is 2.36. The number of aryl methyl sites for hydroxylation is 2. The van der Waals surface area contributed by atoms with E-state index in [0.717, 1.165) is 12.0 Å². The normalized spacial score (nSPS) is 10.6. The molecule has 0 radical (unpaired) electrons. The van der Waals surface area contributed by atoms with Crippen molar-refractivity contribution < 1.29 is 14.1 Å². The molecule has 0 atom stereocenters. The molecule has 0 bridgehead atoms. The number of hydrogen-bond donors (Lipinski definition) is 2. The highest BCUT2D eigenvalue weighted by Gasteiger charge is 2.25. The summed E-state index contributed by atoms with van der Waals surface area (Å²) in [6, 6.07) is 12.1. The molecule has 144 valence electrons. The lowest BCUT2D eigenvalue weighted by Gasteiger charge is -2.09. The van der Waals surface area contributed by atoms with Gasteiger partial charge in [-0.2, -0.15) is 0 Å². The van der Waals surface area contributed by atoms with Crippen LogP contribution in [0.5, 0.6) is 0 Å². The van der Waals surface area contributed by atoms with Crippen molar-refractivity contribution in [1.82, 2.24) is 16.0 Å². The second-order valence-corrected chi connectivity index (χ2v) is 6.83. The molecule has 6 nitrogen and oxygen atoms in total. The number of rotatable bonds is 4. The zero-order chi connectivity index (χ0) is 20.3. The van der Waals surface area contributed by atoms with Gasteiger partial charge in [-0.05, 0) is 43.2 Å². The number of halogens is 2. The van der Waals surface area contributed by atoms with Gasteiger partial charge >= 0.3 is 0 Å². The average Bonchev–Trinajstić information content (AvgIpc) is 3.07. The molecule has 0 aliphatic carbocycles. The van der Waals surface area contributed by atoms with Crippen LogP contribution in [0.4, 0.5) is 0 Å². The van der Waals surface area contributed by atoms with E-state index in [0.29, 0.717) is 21.2 Å². The summed E-state index contributed by atoms with van der Waals surface area (Å²) in [5.41, 5.74) is 7.02. The molecule has 2 amide bonds. The largest absolute Gasteiger partial charge is 0.360 e. The maximum absolute atomic E-state index is 12.7. The third-order valence-corrected chi connectivity index (χ3v) is 4.83. The third kappa shape index (κ3) is 4.03. The molecule has 0 unspecified atom stereocenters. The van der Waals surface area contributed by atoms with Crippen molar-refractivity contribution in [3.8, 4) is 11.3 Å². The summed E-state index contributed by atoms with van der Waals surface area (Å²) in [5, 5.41) is 4.57. The van der Waals surface area contributed by atoms with E-state index in [1.807, 2.05) is 19.1 Å². The molecule has 28 heavy (non-hydrogen) atoms. The molecular formula is C20H17Cl2N3O3. The Kier molecular flexibility index (Phi) is 6.02. The Balaban J connectivity index is 1.80. The number of aromatic nitrogens is 1. The van der Waals surface area contributed by atoms with Crippen LogP contribution in [0.2, 0.25) is 10.0 Å². The third-order valence-electron chi connectivity index (χ3n) is 4.20. The van der Waals surface area contributed by atoms with Gasteiger partial charge in [0.15, 0.2) is 0 Å². The van der Waals surface area contributed by atoms with Crippen LogP contribution in [-0.4, -0.2) is 17.0 Å². The van der Waals surface area contributed by atoms with Crippen molar-refractivity contribution in [2.75, 3.05) is 0 Å². The summed E-state index contributed by atoms with van der Waals surface area (Å²) in [5.74, 6) is -0.768. The number of nitrogens with one attached hydrogen (secondary N) is 2. The minimum atomic E-state index is -0.594. The number of nitrogens with zero attached hydrogens (tertiary/aromatic N) is 1. The van der Waals surface area contributed by atoms with Crippen molar-refractivity contribution in [1.29, 1.82) is 0 Å². The maximum atomic E-state index is 12.7.